The molecule has 0 spiro atoms. The second kappa shape index (κ2) is 6.34. The molecule has 2 rings (SSSR count). The Balaban J connectivity index is 2.04. The number of carbonyl (C=O) groups excluding carboxylic acids is 2. The van der Waals surface area contributed by atoms with Crippen molar-refractivity contribution in [3.63, 3.8) is 0 Å². The van der Waals surface area contributed by atoms with Crippen molar-refractivity contribution in [1.29, 1.82) is 0 Å². The Morgan fingerprint density at radius 3 is 2.29 bits per heavy atom. The number of likely N-dealkylation sites (tertiary alicyclic amines) is 1. The summed E-state index contributed by atoms with van der Waals surface area (Å²) in [5.41, 5.74) is -0.523. The quantitative estimate of drug-likeness (QED) is 0.848. The highest BCUT2D eigenvalue weighted by molar-refractivity contribution is 5.86. The number of piperidine rings is 1. The summed E-state index contributed by atoms with van der Waals surface area (Å²) in [6, 6.07) is -0.306. The molecule has 1 unspecified atom stereocenters. The van der Waals surface area contributed by atoms with Crippen LogP contribution in [0.3, 0.4) is 0 Å². The van der Waals surface area contributed by atoms with Gasteiger partial charge in [-0.15, -0.1) is 0 Å². The smallest absolute Gasteiger partial charge is 0.410 e. The van der Waals surface area contributed by atoms with Gasteiger partial charge in [0.1, 0.15) is 5.60 Å². The van der Waals surface area contributed by atoms with E-state index in [0.29, 0.717) is 18.4 Å². The number of rotatable bonds is 2. The molecule has 1 N–H and O–H groups in total. The zero-order chi connectivity index (χ0) is 15.6. The van der Waals surface area contributed by atoms with E-state index in [4.69, 9.17) is 4.74 Å². The Kier molecular flexibility index (Phi) is 4.91. The van der Waals surface area contributed by atoms with Gasteiger partial charge < -0.3 is 10.1 Å². The molecular weight excluding hydrogens is 268 g/mol. The van der Waals surface area contributed by atoms with Crippen molar-refractivity contribution in [3.05, 3.63) is 0 Å². The molecule has 0 radical (unpaired) electrons. The molecule has 2 saturated heterocycles. The van der Waals surface area contributed by atoms with Crippen LogP contribution in [-0.4, -0.2) is 48.1 Å². The van der Waals surface area contributed by atoms with Crippen LogP contribution in [0.2, 0.25) is 0 Å². The maximum atomic E-state index is 12.3. The van der Waals surface area contributed by atoms with Crippen molar-refractivity contribution in [2.24, 2.45) is 11.8 Å². The standard InChI is InChI=1S/C16H28N2O3/c1-11(19)14-9-13(12-5-7-17-8-6-12)10-18(14)15(20)21-16(2,3)4/h12-14,17H,5-10H2,1-4H3/t13?,14-/m0/s1. The van der Waals surface area contributed by atoms with Gasteiger partial charge in [-0.2, -0.15) is 0 Å². The van der Waals surface area contributed by atoms with Crippen molar-refractivity contribution in [1.82, 2.24) is 10.2 Å². The number of ether oxygens (including phenoxy) is 1. The highest BCUT2D eigenvalue weighted by Gasteiger charge is 2.42. The molecular formula is C16H28N2O3. The third-order valence-electron chi connectivity index (χ3n) is 4.48. The van der Waals surface area contributed by atoms with Gasteiger partial charge in [0.15, 0.2) is 5.78 Å². The van der Waals surface area contributed by atoms with Crippen LogP contribution in [0.5, 0.6) is 0 Å². The van der Waals surface area contributed by atoms with E-state index in [1.807, 2.05) is 20.8 Å². The number of amides is 1. The van der Waals surface area contributed by atoms with Gasteiger partial charge in [0, 0.05) is 6.54 Å². The Morgan fingerprint density at radius 2 is 1.76 bits per heavy atom. The first-order valence-electron chi connectivity index (χ1n) is 7.98. The average Bonchev–Trinajstić information content (AvgIpc) is 2.83. The first kappa shape index (κ1) is 16.3. The zero-order valence-corrected chi connectivity index (χ0v) is 13.6. The molecule has 120 valence electrons. The minimum absolute atomic E-state index is 0.0669. The summed E-state index contributed by atoms with van der Waals surface area (Å²) < 4.78 is 5.46. The topological polar surface area (TPSA) is 58.6 Å². The summed E-state index contributed by atoms with van der Waals surface area (Å²) in [5.74, 6) is 1.10. The Labute approximate surface area is 127 Å². The summed E-state index contributed by atoms with van der Waals surface area (Å²) in [6.45, 7) is 9.88. The van der Waals surface area contributed by atoms with E-state index in [0.717, 1.165) is 32.4 Å². The van der Waals surface area contributed by atoms with E-state index >= 15 is 0 Å². The second-order valence-corrected chi connectivity index (χ2v) is 7.34. The van der Waals surface area contributed by atoms with Crippen molar-refractivity contribution in [2.75, 3.05) is 19.6 Å². The molecule has 0 aliphatic carbocycles. The SMILES string of the molecule is CC(=O)[C@@H]1CC(C2CCNCC2)CN1C(=O)OC(C)(C)C. The van der Waals surface area contributed by atoms with Crippen LogP contribution in [0, 0.1) is 11.8 Å². The van der Waals surface area contributed by atoms with Crippen LogP contribution < -0.4 is 5.32 Å². The molecule has 2 atom stereocenters. The lowest BCUT2D eigenvalue weighted by Crippen LogP contribution is -2.43. The van der Waals surface area contributed by atoms with Gasteiger partial charge in [0.25, 0.3) is 0 Å². The number of hydrogen-bond donors (Lipinski definition) is 1. The molecule has 5 nitrogen and oxygen atoms in total. The summed E-state index contributed by atoms with van der Waals surface area (Å²) in [7, 11) is 0. The van der Waals surface area contributed by atoms with Crippen molar-refractivity contribution >= 4 is 11.9 Å². The molecule has 21 heavy (non-hydrogen) atoms. The monoisotopic (exact) mass is 296 g/mol. The minimum atomic E-state index is -0.523. The summed E-state index contributed by atoms with van der Waals surface area (Å²) in [4.78, 5) is 25.9. The molecule has 2 aliphatic heterocycles. The molecule has 1 amide bonds. The second-order valence-electron chi connectivity index (χ2n) is 7.34. The van der Waals surface area contributed by atoms with Crippen LogP contribution in [-0.2, 0) is 9.53 Å². The highest BCUT2D eigenvalue weighted by Crippen LogP contribution is 2.34. The van der Waals surface area contributed by atoms with Crippen molar-refractivity contribution in [3.8, 4) is 0 Å². The van der Waals surface area contributed by atoms with E-state index < -0.39 is 5.60 Å². The van der Waals surface area contributed by atoms with Gasteiger partial charge in [-0.25, -0.2) is 4.79 Å². The van der Waals surface area contributed by atoms with Crippen LogP contribution in [0.4, 0.5) is 4.79 Å². The third kappa shape index (κ3) is 4.19. The molecule has 0 aromatic rings. The first-order valence-corrected chi connectivity index (χ1v) is 7.98. The molecule has 2 fully saturated rings. The lowest BCUT2D eigenvalue weighted by atomic mass is 9.83. The van der Waals surface area contributed by atoms with Crippen molar-refractivity contribution in [2.45, 2.75) is 58.6 Å². The van der Waals surface area contributed by atoms with E-state index in [2.05, 4.69) is 5.32 Å². The van der Waals surface area contributed by atoms with Crippen LogP contribution >= 0.6 is 0 Å². The third-order valence-corrected chi connectivity index (χ3v) is 4.48. The maximum absolute atomic E-state index is 12.3. The lowest BCUT2D eigenvalue weighted by Gasteiger charge is -2.29. The Hall–Kier alpha value is -1.10. The Bertz CT molecular complexity index is 397. The predicted molar refractivity (Wildman–Crippen MR) is 81.1 cm³/mol. The van der Waals surface area contributed by atoms with Gasteiger partial charge >= 0.3 is 6.09 Å². The molecule has 0 bridgehead atoms. The highest BCUT2D eigenvalue weighted by atomic mass is 16.6. The van der Waals surface area contributed by atoms with E-state index in [1.165, 1.54) is 0 Å². The molecule has 0 aromatic heterocycles. The number of hydrogen-bond acceptors (Lipinski definition) is 4. The molecule has 5 heteroatoms. The minimum Gasteiger partial charge on any atom is -0.444 e. The summed E-state index contributed by atoms with van der Waals surface area (Å²) >= 11 is 0. The fourth-order valence-corrected chi connectivity index (χ4v) is 3.43. The zero-order valence-electron chi connectivity index (χ0n) is 13.6. The maximum Gasteiger partial charge on any atom is 0.410 e. The van der Waals surface area contributed by atoms with Crippen LogP contribution in [0.25, 0.3) is 0 Å². The Morgan fingerprint density at radius 1 is 1.14 bits per heavy atom. The van der Waals surface area contributed by atoms with Gasteiger partial charge in [0.2, 0.25) is 0 Å². The van der Waals surface area contributed by atoms with Gasteiger partial charge in [-0.1, -0.05) is 0 Å². The number of nitrogens with one attached hydrogen (secondary N) is 1. The molecule has 0 aromatic carbocycles. The summed E-state index contributed by atoms with van der Waals surface area (Å²) in [5, 5.41) is 3.37. The number of ketones is 1. The molecule has 2 heterocycles. The van der Waals surface area contributed by atoms with Crippen molar-refractivity contribution < 1.29 is 14.3 Å². The van der Waals surface area contributed by atoms with Crippen LogP contribution in [0.15, 0.2) is 0 Å². The first-order chi connectivity index (χ1) is 9.78. The van der Waals surface area contributed by atoms with Gasteiger partial charge in [-0.3, -0.25) is 9.69 Å². The number of Topliss-reactive ketones (excluding diaryl/α,β-unsaturated/α-hetero) is 1. The van der Waals surface area contributed by atoms with E-state index in [9.17, 15) is 9.59 Å². The van der Waals surface area contributed by atoms with Gasteiger partial charge in [-0.05, 0) is 71.9 Å². The predicted octanol–water partition coefficient (Wildman–Crippen LogP) is 2.20. The van der Waals surface area contributed by atoms with E-state index in [-0.39, 0.29) is 17.9 Å². The number of nitrogens with zero attached hydrogens (tertiary/aromatic N) is 1. The average molecular weight is 296 g/mol. The molecule has 0 saturated carbocycles. The summed E-state index contributed by atoms with van der Waals surface area (Å²) in [6.07, 6.45) is 2.72. The van der Waals surface area contributed by atoms with E-state index in [1.54, 1.807) is 11.8 Å². The normalized spacial score (nSPS) is 27.7. The fourth-order valence-electron chi connectivity index (χ4n) is 3.43. The molecule has 2 aliphatic rings. The van der Waals surface area contributed by atoms with Gasteiger partial charge in [0.05, 0.1) is 6.04 Å². The number of carbonyl (C=O) groups is 2. The largest absolute Gasteiger partial charge is 0.444 e. The lowest BCUT2D eigenvalue weighted by molar-refractivity contribution is -0.121. The fraction of sp³-hybridized carbons (Fsp3) is 0.875. The van der Waals surface area contributed by atoms with Crippen LogP contribution in [0.1, 0.15) is 47.0 Å².